The molecular weight excluding hydrogens is 275 g/mol. The molecule has 2 saturated heterocycles. The zero-order chi connectivity index (χ0) is 14.2. The van der Waals surface area contributed by atoms with Gasteiger partial charge in [0.15, 0.2) is 0 Å². The number of allylic oxidation sites excluding steroid dienone is 1. The van der Waals surface area contributed by atoms with Crippen molar-refractivity contribution in [1.29, 1.82) is 0 Å². The van der Waals surface area contributed by atoms with Crippen LogP contribution in [0.3, 0.4) is 0 Å². The topological polar surface area (TPSA) is 48.0 Å². The standard InChI is InChI=1S/C14H25N2O3P/c1-14(2)11-18-20(17,19-12-14)16-10-6-9-15-8-5-3-4-7-13(15)16/h7H,3-6,8-12H2,1-2H3. The van der Waals surface area contributed by atoms with Crippen molar-refractivity contribution in [1.82, 2.24) is 9.57 Å². The molecule has 3 heterocycles. The maximum Gasteiger partial charge on any atom is 0.339 e. The average molecular weight is 300 g/mol. The van der Waals surface area contributed by atoms with Crippen molar-refractivity contribution < 1.29 is 13.9 Å². The summed E-state index contributed by atoms with van der Waals surface area (Å²) in [6.45, 7) is 8.00. The van der Waals surface area contributed by atoms with Crippen molar-refractivity contribution in [2.75, 3.05) is 32.8 Å². The Labute approximate surface area is 122 Å². The van der Waals surface area contributed by atoms with Crippen LogP contribution in [-0.2, 0) is 9.05 Å². The van der Waals surface area contributed by atoms with E-state index in [1.165, 1.54) is 12.8 Å². The van der Waals surface area contributed by atoms with Crippen LogP contribution >= 0.6 is 8.09 Å². The van der Waals surface area contributed by atoms with Gasteiger partial charge in [0.2, 0.25) is 0 Å². The quantitative estimate of drug-likeness (QED) is 0.694. The summed E-state index contributed by atoms with van der Waals surface area (Å²) in [5, 5.41) is 0. The fourth-order valence-electron chi connectivity index (χ4n) is 2.92. The average Bonchev–Trinajstić information content (AvgIpc) is 2.67. The third-order valence-electron chi connectivity index (χ3n) is 4.13. The van der Waals surface area contributed by atoms with Gasteiger partial charge < -0.3 is 9.79 Å². The van der Waals surface area contributed by atoms with Crippen molar-refractivity contribution in [3.63, 3.8) is 0 Å². The molecule has 0 atom stereocenters. The van der Waals surface area contributed by atoms with Gasteiger partial charge in [-0.3, -0.25) is 0 Å². The summed E-state index contributed by atoms with van der Waals surface area (Å²) in [5.41, 5.74) is -0.0543. The lowest BCUT2D eigenvalue weighted by molar-refractivity contribution is -0.249. The minimum absolute atomic E-state index is 0.0543. The minimum Gasteiger partial charge on any atom is -0.612 e. The van der Waals surface area contributed by atoms with Gasteiger partial charge in [-0.25, -0.2) is 0 Å². The number of hydrogen-bond acceptors (Lipinski definition) is 5. The molecule has 0 unspecified atom stereocenters. The van der Waals surface area contributed by atoms with E-state index in [1.54, 1.807) is 0 Å². The molecule has 2 fully saturated rings. The van der Waals surface area contributed by atoms with Crippen LogP contribution in [0, 0.1) is 5.41 Å². The van der Waals surface area contributed by atoms with E-state index in [-0.39, 0.29) is 5.41 Å². The molecule has 0 amide bonds. The normalized spacial score (nSPS) is 29.4. The van der Waals surface area contributed by atoms with E-state index in [4.69, 9.17) is 9.05 Å². The van der Waals surface area contributed by atoms with E-state index in [1.807, 2.05) is 4.67 Å². The van der Waals surface area contributed by atoms with Crippen LogP contribution in [-0.4, -0.2) is 42.4 Å². The van der Waals surface area contributed by atoms with Crippen molar-refractivity contribution in [3.05, 3.63) is 11.9 Å². The van der Waals surface area contributed by atoms with E-state index in [0.717, 1.165) is 38.3 Å². The highest BCUT2D eigenvalue weighted by Crippen LogP contribution is 2.62. The van der Waals surface area contributed by atoms with Crippen LogP contribution in [0.5, 0.6) is 0 Å². The molecule has 3 rings (SSSR count). The second-order valence-electron chi connectivity index (χ2n) is 6.70. The number of hydrogen-bond donors (Lipinski definition) is 0. The Morgan fingerprint density at radius 2 is 1.80 bits per heavy atom. The first-order chi connectivity index (χ1) is 9.50. The highest BCUT2D eigenvalue weighted by molar-refractivity contribution is 7.56. The van der Waals surface area contributed by atoms with Crippen molar-refractivity contribution >= 4 is 8.09 Å². The smallest absolute Gasteiger partial charge is 0.339 e. The molecule has 0 spiro atoms. The molecule has 0 bridgehead atoms. The Morgan fingerprint density at radius 1 is 1.10 bits per heavy atom. The summed E-state index contributed by atoms with van der Waals surface area (Å²) in [4.78, 5) is 15.4. The second-order valence-corrected chi connectivity index (χ2v) is 8.64. The zero-order valence-electron chi connectivity index (χ0n) is 12.5. The maximum atomic E-state index is 13.1. The van der Waals surface area contributed by atoms with E-state index in [0.29, 0.717) is 13.2 Å². The van der Waals surface area contributed by atoms with Crippen LogP contribution in [0.1, 0.15) is 39.5 Å². The molecule has 3 aliphatic heterocycles. The van der Waals surface area contributed by atoms with Gasteiger partial charge in [-0.05, 0) is 31.8 Å². The van der Waals surface area contributed by atoms with Crippen LogP contribution < -0.4 is 4.89 Å². The van der Waals surface area contributed by atoms with Gasteiger partial charge in [-0.1, -0.05) is 13.8 Å². The lowest BCUT2D eigenvalue weighted by Gasteiger charge is -2.47. The largest absolute Gasteiger partial charge is 0.612 e. The molecule has 5 nitrogen and oxygen atoms in total. The summed E-state index contributed by atoms with van der Waals surface area (Å²) in [5.74, 6) is 1.07. The number of fused-ring (bicyclic) bond motifs is 1. The molecule has 0 aromatic rings. The van der Waals surface area contributed by atoms with Gasteiger partial charge in [0.1, 0.15) is 19.0 Å². The third-order valence-corrected chi connectivity index (χ3v) is 6.04. The monoisotopic (exact) mass is 300 g/mol. The Bertz CT molecular complexity index is 390. The van der Waals surface area contributed by atoms with Gasteiger partial charge >= 0.3 is 8.09 Å². The zero-order valence-corrected chi connectivity index (χ0v) is 13.4. The van der Waals surface area contributed by atoms with Gasteiger partial charge in [0.05, 0.1) is 6.54 Å². The predicted molar refractivity (Wildman–Crippen MR) is 77.4 cm³/mol. The van der Waals surface area contributed by atoms with Crippen molar-refractivity contribution in [3.8, 4) is 0 Å². The molecule has 0 aromatic carbocycles. The summed E-state index contributed by atoms with van der Waals surface area (Å²) < 4.78 is 13.3. The first-order valence-corrected chi connectivity index (χ1v) is 9.12. The van der Waals surface area contributed by atoms with Gasteiger partial charge in [0, 0.05) is 18.5 Å². The van der Waals surface area contributed by atoms with Gasteiger partial charge in [-0.15, -0.1) is 0 Å². The minimum atomic E-state index is -3.15. The molecule has 6 heteroatoms. The summed E-state index contributed by atoms with van der Waals surface area (Å²) in [6.07, 6.45) is 6.67. The molecule has 20 heavy (non-hydrogen) atoms. The number of nitrogens with zero attached hydrogens (tertiary/aromatic N) is 2. The summed E-state index contributed by atoms with van der Waals surface area (Å²) >= 11 is 0. The first-order valence-electron chi connectivity index (χ1n) is 7.62. The molecular formula is C14H25N2O3P. The molecule has 0 radical (unpaired) electrons. The molecule has 0 saturated carbocycles. The van der Waals surface area contributed by atoms with Crippen molar-refractivity contribution in [2.45, 2.75) is 39.5 Å². The second kappa shape index (κ2) is 5.45. The molecule has 0 aliphatic carbocycles. The highest BCUT2D eigenvalue weighted by atomic mass is 31.2. The Balaban J connectivity index is 1.79. The van der Waals surface area contributed by atoms with E-state index in [9.17, 15) is 4.89 Å². The Morgan fingerprint density at radius 3 is 2.55 bits per heavy atom. The molecule has 0 aromatic heterocycles. The molecule has 3 aliphatic rings. The maximum absolute atomic E-state index is 13.1. The Hall–Kier alpha value is -0.350. The predicted octanol–water partition coefficient (Wildman–Crippen LogP) is 2.13. The van der Waals surface area contributed by atoms with Gasteiger partial charge in [-0.2, -0.15) is 13.7 Å². The first kappa shape index (κ1) is 14.6. The van der Waals surface area contributed by atoms with E-state index in [2.05, 4.69) is 24.8 Å². The fraction of sp³-hybridized carbons (Fsp3) is 0.857. The highest BCUT2D eigenvalue weighted by Gasteiger charge is 2.49. The molecule has 0 N–H and O–H groups in total. The molecule has 114 valence electrons. The Kier molecular flexibility index (Phi) is 3.97. The summed E-state index contributed by atoms with van der Waals surface area (Å²) in [6, 6.07) is 0. The van der Waals surface area contributed by atoms with Crippen molar-refractivity contribution in [2.24, 2.45) is 5.41 Å². The van der Waals surface area contributed by atoms with Gasteiger partial charge in [0.25, 0.3) is 0 Å². The summed E-state index contributed by atoms with van der Waals surface area (Å²) in [7, 11) is -3.15. The van der Waals surface area contributed by atoms with Crippen LogP contribution in [0.4, 0.5) is 0 Å². The number of rotatable bonds is 1. The van der Waals surface area contributed by atoms with Crippen LogP contribution in [0.15, 0.2) is 11.9 Å². The fourth-order valence-corrected chi connectivity index (χ4v) is 5.15. The lowest BCUT2D eigenvalue weighted by Crippen LogP contribution is -2.48. The SMILES string of the molecule is CC1(C)CO[P+]([O-])(N2CCCN3CCCCC=C32)OC1. The van der Waals surface area contributed by atoms with E-state index < -0.39 is 8.09 Å². The van der Waals surface area contributed by atoms with Crippen LogP contribution in [0.25, 0.3) is 0 Å². The third kappa shape index (κ3) is 2.82. The van der Waals surface area contributed by atoms with E-state index >= 15 is 0 Å². The van der Waals surface area contributed by atoms with Crippen LogP contribution in [0.2, 0.25) is 0 Å². The lowest BCUT2D eigenvalue weighted by atomic mass is 9.97.